The van der Waals surface area contributed by atoms with E-state index in [-0.39, 0.29) is 86.3 Å². The van der Waals surface area contributed by atoms with E-state index in [2.05, 4.69) is 20.2 Å². The van der Waals surface area contributed by atoms with Crippen molar-refractivity contribution >= 4 is 35.7 Å². The monoisotopic (exact) mass is 722 g/mol. The molecule has 0 bridgehead atoms. The number of carbonyl (C=O) groups is 3. The van der Waals surface area contributed by atoms with Crippen molar-refractivity contribution in [2.24, 2.45) is 5.10 Å². The number of nitrogens with zero attached hydrogens (tertiary/aromatic N) is 4. The number of hydrogen-bond donors (Lipinski definition) is 5. The molecule has 3 aromatic rings. The van der Waals surface area contributed by atoms with Gasteiger partial charge in [0.1, 0.15) is 22.6 Å². The molecule has 1 amide bonds. The van der Waals surface area contributed by atoms with Crippen LogP contribution in [0.4, 0.5) is 5.69 Å². The SMILES string of the molecule is CCCCOc1c(C=CC=c2c(OCCCC)c3c([nH]c2=O)=NN(c2ccc(C(=O)O)cc2)C3=O)c(O)[nH]c2nn(-c3ccc(C(=O)O)cc3)c(=O)c1-2. The molecular weight excluding hydrogens is 688 g/mol. The summed E-state index contributed by atoms with van der Waals surface area (Å²) in [6.45, 7) is 4.31. The van der Waals surface area contributed by atoms with Gasteiger partial charge in [0.25, 0.3) is 17.0 Å². The Labute approximate surface area is 299 Å². The largest absolute Gasteiger partial charge is 0.494 e. The lowest BCUT2D eigenvalue weighted by molar-refractivity contribution is 0.0686. The van der Waals surface area contributed by atoms with Gasteiger partial charge in [0.05, 0.1) is 46.5 Å². The van der Waals surface area contributed by atoms with Crippen molar-refractivity contribution in [3.63, 3.8) is 0 Å². The van der Waals surface area contributed by atoms with Gasteiger partial charge >= 0.3 is 11.9 Å². The minimum atomic E-state index is -1.13. The van der Waals surface area contributed by atoms with E-state index in [1.807, 2.05) is 13.8 Å². The lowest BCUT2D eigenvalue weighted by Gasteiger charge is -2.13. The summed E-state index contributed by atoms with van der Waals surface area (Å²) in [5, 5.41) is 39.2. The fourth-order valence-corrected chi connectivity index (χ4v) is 5.55. The molecule has 0 atom stereocenters. The lowest BCUT2D eigenvalue weighted by Crippen LogP contribution is -2.37. The van der Waals surface area contributed by atoms with E-state index in [9.17, 15) is 39.3 Å². The number of fused-ring (bicyclic) bond motifs is 2. The average Bonchev–Trinajstić information content (AvgIpc) is 3.65. The molecule has 1 aromatic heterocycles. The van der Waals surface area contributed by atoms with Crippen LogP contribution in [0.3, 0.4) is 0 Å². The number of carbonyl (C=O) groups excluding carboxylic acids is 1. The zero-order chi connectivity index (χ0) is 37.8. The van der Waals surface area contributed by atoms with Gasteiger partial charge < -0.3 is 34.8 Å². The summed E-state index contributed by atoms with van der Waals surface area (Å²) in [5.74, 6) is -3.21. The van der Waals surface area contributed by atoms with Gasteiger partial charge in [-0.3, -0.25) is 14.4 Å². The van der Waals surface area contributed by atoms with Crippen molar-refractivity contribution < 1.29 is 39.2 Å². The quantitative estimate of drug-likeness (QED) is 0.104. The van der Waals surface area contributed by atoms with Crippen LogP contribution in [0.5, 0.6) is 17.4 Å². The Morgan fingerprint density at radius 1 is 0.811 bits per heavy atom. The Balaban J connectivity index is 1.44. The number of aromatic carboxylic acids is 2. The molecule has 0 radical (unpaired) electrons. The Morgan fingerprint density at radius 2 is 1.40 bits per heavy atom. The van der Waals surface area contributed by atoms with Crippen molar-refractivity contribution in [2.75, 3.05) is 18.2 Å². The summed E-state index contributed by atoms with van der Waals surface area (Å²) in [4.78, 5) is 68.9. The number of H-pyrrole nitrogens is 2. The van der Waals surface area contributed by atoms with E-state index in [0.29, 0.717) is 12.8 Å². The zero-order valence-corrected chi connectivity index (χ0v) is 28.6. The number of ether oxygens (including phenoxy) is 2. The van der Waals surface area contributed by atoms with Crippen LogP contribution in [0.25, 0.3) is 29.2 Å². The second kappa shape index (κ2) is 15.1. The van der Waals surface area contributed by atoms with Crippen LogP contribution in [-0.2, 0) is 0 Å². The third-order valence-corrected chi connectivity index (χ3v) is 8.33. The van der Waals surface area contributed by atoms with Gasteiger partial charge in [-0.15, -0.1) is 10.2 Å². The molecule has 0 spiro atoms. The molecule has 272 valence electrons. The number of aromatic hydroxyl groups is 1. The number of carboxylic acids is 2. The molecule has 0 saturated heterocycles. The molecule has 0 aliphatic carbocycles. The van der Waals surface area contributed by atoms with Gasteiger partial charge in [-0.05, 0) is 73.5 Å². The van der Waals surface area contributed by atoms with Crippen molar-refractivity contribution in [2.45, 2.75) is 39.5 Å². The number of carboxylic acid groups (broad SMARTS) is 2. The molecular formula is C37H34N6O10. The number of amides is 1. The molecule has 2 aromatic carbocycles. The molecule has 4 heterocycles. The van der Waals surface area contributed by atoms with Gasteiger partial charge in [0.15, 0.2) is 11.3 Å². The van der Waals surface area contributed by atoms with Gasteiger partial charge in [-0.25, -0.2) is 9.59 Å². The minimum Gasteiger partial charge on any atom is -0.494 e. The molecule has 0 fully saturated rings. The van der Waals surface area contributed by atoms with Gasteiger partial charge in [-0.1, -0.05) is 32.8 Å². The number of hydrogen-bond acceptors (Lipinski definition) is 10. The van der Waals surface area contributed by atoms with Crippen molar-refractivity contribution in [3.05, 3.63) is 108 Å². The number of allylic oxidation sites excluding steroid dienone is 1. The predicted octanol–water partition coefficient (Wildman–Crippen LogP) is 3.50. The number of rotatable bonds is 14. The Hall–Kier alpha value is -6.97. The van der Waals surface area contributed by atoms with Crippen LogP contribution < -0.4 is 36.3 Å². The third-order valence-electron chi connectivity index (χ3n) is 8.33. The van der Waals surface area contributed by atoms with Crippen LogP contribution in [0.2, 0.25) is 0 Å². The second-order valence-corrected chi connectivity index (χ2v) is 11.9. The maximum absolute atomic E-state index is 13.7. The summed E-state index contributed by atoms with van der Waals surface area (Å²) in [6, 6.07) is 11.1. The van der Waals surface area contributed by atoms with Gasteiger partial charge in [0, 0.05) is 0 Å². The van der Waals surface area contributed by atoms with Gasteiger partial charge in [-0.2, -0.15) is 9.69 Å². The maximum Gasteiger partial charge on any atom is 0.335 e. The Morgan fingerprint density at radius 3 is 1.98 bits per heavy atom. The van der Waals surface area contributed by atoms with Crippen LogP contribution in [0.1, 0.15) is 76.2 Å². The average molecular weight is 723 g/mol. The summed E-state index contributed by atoms with van der Waals surface area (Å²) in [7, 11) is 0. The zero-order valence-electron chi connectivity index (χ0n) is 28.6. The number of nitrogens with one attached hydrogen (secondary N) is 2. The molecule has 53 heavy (non-hydrogen) atoms. The summed E-state index contributed by atoms with van der Waals surface area (Å²) < 4.78 is 13.1. The highest BCUT2D eigenvalue weighted by molar-refractivity contribution is 6.09. The smallest absolute Gasteiger partial charge is 0.335 e. The van der Waals surface area contributed by atoms with Crippen LogP contribution in [0, 0.1) is 0 Å². The lowest BCUT2D eigenvalue weighted by atomic mass is 10.1. The van der Waals surface area contributed by atoms with Crippen molar-refractivity contribution in [3.8, 4) is 34.5 Å². The molecule has 6 rings (SSSR count). The first-order valence-electron chi connectivity index (χ1n) is 16.7. The molecule has 5 N–H and O–H groups in total. The number of unbranched alkanes of at least 4 members (excludes halogenated alkanes) is 2. The second-order valence-electron chi connectivity index (χ2n) is 11.9. The number of aromatic nitrogens is 4. The van der Waals surface area contributed by atoms with E-state index in [1.54, 1.807) is 0 Å². The number of anilines is 1. The van der Waals surface area contributed by atoms with Crippen molar-refractivity contribution in [1.29, 1.82) is 0 Å². The standard InChI is InChI=1S/C37H34N6O10/c1-3-5-18-52-28-24(32(44)38-30-26(28)34(46)42(40-30)22-14-10-20(11-15-22)36(48)49)8-7-9-25-29(53-19-6-4-2)27-31(39-33(25)45)41-43(35(27)47)23-16-12-21(13-17-23)37(50)51/h7-17H,3-6,18-19H2,1-2H3,(H,48,49)(H,50,51)(H,38,40,44)(H2,39,41,45). The van der Waals surface area contributed by atoms with Crippen LogP contribution in [0.15, 0.2) is 69.3 Å². The number of pyridine rings is 2. The third kappa shape index (κ3) is 7.01. The first-order valence-corrected chi connectivity index (χ1v) is 16.7. The summed E-state index contributed by atoms with van der Waals surface area (Å²) >= 11 is 0. The minimum absolute atomic E-state index is 0.00338. The van der Waals surface area contributed by atoms with E-state index >= 15 is 0 Å². The molecule has 16 nitrogen and oxygen atoms in total. The maximum atomic E-state index is 13.7. The predicted molar refractivity (Wildman–Crippen MR) is 192 cm³/mol. The Bertz CT molecular complexity index is 2460. The molecule has 0 saturated carbocycles. The fourth-order valence-electron chi connectivity index (χ4n) is 5.55. The first kappa shape index (κ1) is 35.8. The fraction of sp³-hybridized carbons (Fsp3) is 0.216. The number of aromatic amines is 2. The van der Waals surface area contributed by atoms with Crippen LogP contribution in [-0.4, -0.2) is 66.1 Å². The highest BCUT2D eigenvalue weighted by atomic mass is 16.5. The normalized spacial score (nSPS) is 12.8. The first-order chi connectivity index (χ1) is 25.5. The number of benzene rings is 2. The molecule has 3 aliphatic rings. The van der Waals surface area contributed by atoms with Crippen LogP contribution >= 0.6 is 0 Å². The van der Waals surface area contributed by atoms with E-state index in [4.69, 9.17) is 9.47 Å². The van der Waals surface area contributed by atoms with E-state index < -0.39 is 29.0 Å². The highest BCUT2D eigenvalue weighted by Crippen LogP contribution is 2.37. The molecule has 3 aliphatic heterocycles. The van der Waals surface area contributed by atoms with Gasteiger partial charge in [0.2, 0.25) is 5.88 Å². The van der Waals surface area contributed by atoms with Crippen molar-refractivity contribution in [1.82, 2.24) is 19.7 Å². The highest BCUT2D eigenvalue weighted by Gasteiger charge is 2.31. The summed E-state index contributed by atoms with van der Waals surface area (Å²) in [5.41, 5.74) is -0.514. The van der Waals surface area contributed by atoms with E-state index in [1.165, 1.54) is 66.8 Å². The van der Waals surface area contributed by atoms with E-state index in [0.717, 1.165) is 22.5 Å². The topological polar surface area (TPSA) is 229 Å². The molecule has 0 unspecified atom stereocenters. The molecule has 16 heteroatoms. The summed E-state index contributed by atoms with van der Waals surface area (Å²) in [6.07, 6.45) is 7.07. The Kier molecular flexibility index (Phi) is 10.2.